The van der Waals surface area contributed by atoms with Crippen molar-refractivity contribution in [2.24, 2.45) is 0 Å². The topological polar surface area (TPSA) is 37.4 Å². The van der Waals surface area contributed by atoms with Crippen LogP contribution in [-0.2, 0) is 4.79 Å². The summed E-state index contributed by atoms with van der Waals surface area (Å²) in [4.78, 5) is 23.9. The fraction of sp³-hybridized carbons (Fsp3) is 0.565. The smallest absolute Gasteiger partial charge is 0.280 e. The van der Waals surface area contributed by atoms with Crippen LogP contribution >= 0.6 is 11.6 Å². The van der Waals surface area contributed by atoms with Crippen LogP contribution in [0.5, 0.6) is 0 Å². The van der Waals surface area contributed by atoms with Gasteiger partial charge in [-0.1, -0.05) is 82.9 Å². The molecule has 0 aliphatic carbocycles. The number of amides is 1. The molecule has 0 aliphatic rings. The molecule has 0 unspecified atom stereocenters. The van der Waals surface area contributed by atoms with E-state index in [1.165, 1.54) is 75.3 Å². The number of nitrogens with zero attached hydrogens (tertiary/aromatic N) is 1. The number of carbonyl (C=O) groups is 2. The number of hydrogen-bond donors (Lipinski definition) is 0. The maximum Gasteiger partial charge on any atom is 0.472 e. The highest BCUT2D eigenvalue weighted by Crippen LogP contribution is 2.28. The van der Waals surface area contributed by atoms with E-state index >= 15 is 0 Å². The maximum atomic E-state index is 13.0. The summed E-state index contributed by atoms with van der Waals surface area (Å²) in [5.41, 5.74) is -0.334. The third-order valence-corrected chi connectivity index (χ3v) is 5.02. The van der Waals surface area contributed by atoms with Crippen LogP contribution in [0, 0.1) is 0 Å². The van der Waals surface area contributed by atoms with Crippen molar-refractivity contribution in [2.75, 3.05) is 4.90 Å². The van der Waals surface area contributed by atoms with Gasteiger partial charge >= 0.3 is 12.1 Å². The van der Waals surface area contributed by atoms with E-state index in [2.05, 4.69) is 6.92 Å². The Hall–Kier alpha value is -1.82. The molecular weight excluding hydrogens is 415 g/mol. The van der Waals surface area contributed by atoms with Gasteiger partial charge < -0.3 is 0 Å². The Labute approximate surface area is 182 Å². The van der Waals surface area contributed by atoms with Gasteiger partial charge in [0.25, 0.3) is 5.24 Å². The molecule has 0 radical (unpaired) electrons. The molecule has 0 atom stereocenters. The quantitative estimate of drug-likeness (QED) is 0.216. The van der Waals surface area contributed by atoms with Gasteiger partial charge in [-0.05, 0) is 36.6 Å². The van der Waals surface area contributed by atoms with Crippen molar-refractivity contribution >= 4 is 28.4 Å². The highest BCUT2D eigenvalue weighted by atomic mass is 35.5. The number of unbranched alkanes of at least 4 members (excludes halogenated alkanes) is 10. The Bertz CT molecular complexity index is 689. The van der Waals surface area contributed by atoms with Gasteiger partial charge in [0.15, 0.2) is 0 Å². The summed E-state index contributed by atoms with van der Waals surface area (Å²) in [6.07, 6.45) is 9.78. The standard InChI is InChI=1S/C23H31ClF3NO2/c1-2-3-4-5-6-7-8-9-10-11-12-15-18-28(22(30)23(25,26)27)20-17-14-13-16-19(20)21(24)29/h13-18H,2-12H2,1H3. The molecule has 0 N–H and O–H groups in total. The van der Waals surface area contributed by atoms with Gasteiger partial charge in [-0.25, -0.2) is 0 Å². The van der Waals surface area contributed by atoms with Crippen molar-refractivity contribution < 1.29 is 22.8 Å². The van der Waals surface area contributed by atoms with Gasteiger partial charge in [0, 0.05) is 6.20 Å². The number of carbonyl (C=O) groups excluding carboxylic acids is 2. The summed E-state index contributed by atoms with van der Waals surface area (Å²) in [6, 6.07) is 5.48. The van der Waals surface area contributed by atoms with Gasteiger partial charge in [-0.15, -0.1) is 0 Å². The summed E-state index contributed by atoms with van der Waals surface area (Å²) in [6.45, 7) is 2.20. The van der Waals surface area contributed by atoms with Gasteiger partial charge in [0.1, 0.15) is 0 Å². The summed E-state index contributed by atoms with van der Waals surface area (Å²) >= 11 is 5.47. The molecule has 0 saturated carbocycles. The number of anilines is 1. The second kappa shape index (κ2) is 14.2. The van der Waals surface area contributed by atoms with Crippen LogP contribution in [-0.4, -0.2) is 17.3 Å². The van der Waals surface area contributed by atoms with E-state index in [1.54, 1.807) is 0 Å². The molecule has 0 aromatic heterocycles. The number of hydrogen-bond acceptors (Lipinski definition) is 2. The van der Waals surface area contributed by atoms with Crippen molar-refractivity contribution in [3.63, 3.8) is 0 Å². The molecule has 0 aliphatic heterocycles. The predicted molar refractivity (Wildman–Crippen MR) is 116 cm³/mol. The predicted octanol–water partition coefficient (Wildman–Crippen LogP) is 7.79. The SMILES string of the molecule is CCCCCCCCCCCCC=CN(C(=O)C(F)(F)F)c1ccccc1C(=O)Cl. The number of allylic oxidation sites excluding steroid dienone is 1. The number of benzene rings is 1. The van der Waals surface area contributed by atoms with Crippen molar-refractivity contribution in [1.29, 1.82) is 0 Å². The summed E-state index contributed by atoms with van der Waals surface area (Å²) in [5.74, 6) is -2.06. The molecule has 0 saturated heterocycles. The molecular formula is C23H31ClF3NO2. The number of para-hydroxylation sites is 1. The lowest BCUT2D eigenvalue weighted by Crippen LogP contribution is -2.38. The van der Waals surface area contributed by atoms with E-state index < -0.39 is 17.3 Å². The summed E-state index contributed by atoms with van der Waals surface area (Å²) in [5, 5.41) is -0.923. The highest BCUT2D eigenvalue weighted by molar-refractivity contribution is 6.68. The normalized spacial score (nSPS) is 11.8. The Morgan fingerprint density at radius 1 is 0.933 bits per heavy atom. The molecule has 30 heavy (non-hydrogen) atoms. The van der Waals surface area contributed by atoms with Crippen LogP contribution in [0.3, 0.4) is 0 Å². The first-order chi connectivity index (χ1) is 14.3. The monoisotopic (exact) mass is 445 g/mol. The van der Waals surface area contributed by atoms with Crippen LogP contribution in [0.4, 0.5) is 18.9 Å². The molecule has 168 valence electrons. The molecule has 3 nitrogen and oxygen atoms in total. The van der Waals surface area contributed by atoms with Gasteiger partial charge in [0.05, 0.1) is 11.3 Å². The maximum absolute atomic E-state index is 13.0. The van der Waals surface area contributed by atoms with Gasteiger partial charge in [0.2, 0.25) is 0 Å². The van der Waals surface area contributed by atoms with E-state index in [0.717, 1.165) is 25.5 Å². The minimum Gasteiger partial charge on any atom is -0.280 e. The number of halogens is 4. The van der Waals surface area contributed by atoms with E-state index in [0.29, 0.717) is 11.3 Å². The second-order valence-electron chi connectivity index (χ2n) is 7.32. The lowest BCUT2D eigenvalue weighted by molar-refractivity contribution is -0.169. The molecule has 0 heterocycles. The van der Waals surface area contributed by atoms with Crippen LogP contribution < -0.4 is 4.90 Å². The van der Waals surface area contributed by atoms with Gasteiger partial charge in [-0.3, -0.25) is 14.5 Å². The number of rotatable bonds is 14. The van der Waals surface area contributed by atoms with E-state index in [4.69, 9.17) is 11.6 Å². The molecule has 1 rings (SSSR count). The average Bonchev–Trinajstić information content (AvgIpc) is 2.70. The summed E-state index contributed by atoms with van der Waals surface area (Å²) < 4.78 is 39.1. The fourth-order valence-electron chi connectivity index (χ4n) is 3.17. The van der Waals surface area contributed by atoms with Crippen molar-refractivity contribution in [2.45, 2.75) is 83.7 Å². The van der Waals surface area contributed by atoms with Crippen LogP contribution in [0.25, 0.3) is 0 Å². The molecule has 1 aromatic carbocycles. The zero-order chi connectivity index (χ0) is 22.4. The summed E-state index contributed by atoms with van der Waals surface area (Å²) in [7, 11) is 0. The van der Waals surface area contributed by atoms with Gasteiger partial charge in [-0.2, -0.15) is 13.2 Å². The van der Waals surface area contributed by atoms with E-state index in [-0.39, 0.29) is 11.3 Å². The Balaban J connectivity index is 2.55. The molecule has 1 aromatic rings. The minimum atomic E-state index is -5.07. The third-order valence-electron chi connectivity index (χ3n) is 4.82. The Morgan fingerprint density at radius 2 is 1.47 bits per heavy atom. The fourth-order valence-corrected chi connectivity index (χ4v) is 3.33. The van der Waals surface area contributed by atoms with E-state index in [1.807, 2.05) is 0 Å². The molecule has 0 bridgehead atoms. The first kappa shape index (κ1) is 26.2. The zero-order valence-electron chi connectivity index (χ0n) is 17.5. The van der Waals surface area contributed by atoms with Crippen molar-refractivity contribution in [1.82, 2.24) is 0 Å². The minimum absolute atomic E-state index is 0.152. The average molecular weight is 446 g/mol. The molecule has 7 heteroatoms. The first-order valence-electron chi connectivity index (χ1n) is 10.6. The lowest BCUT2D eigenvalue weighted by Gasteiger charge is -2.21. The van der Waals surface area contributed by atoms with Crippen LogP contribution in [0.1, 0.15) is 87.9 Å². The third kappa shape index (κ3) is 9.79. The Morgan fingerprint density at radius 3 is 2.00 bits per heavy atom. The Kier molecular flexibility index (Phi) is 12.4. The number of alkyl halides is 3. The van der Waals surface area contributed by atoms with E-state index in [9.17, 15) is 22.8 Å². The molecule has 1 amide bonds. The molecule has 0 spiro atoms. The first-order valence-corrected chi connectivity index (χ1v) is 11.0. The largest absolute Gasteiger partial charge is 0.472 e. The second-order valence-corrected chi connectivity index (χ2v) is 7.66. The van der Waals surface area contributed by atoms with Crippen LogP contribution in [0.15, 0.2) is 36.5 Å². The van der Waals surface area contributed by atoms with Crippen molar-refractivity contribution in [3.8, 4) is 0 Å². The lowest BCUT2D eigenvalue weighted by atomic mass is 10.1. The van der Waals surface area contributed by atoms with Crippen molar-refractivity contribution in [3.05, 3.63) is 42.1 Å². The highest BCUT2D eigenvalue weighted by Gasteiger charge is 2.43. The molecule has 0 fully saturated rings. The zero-order valence-corrected chi connectivity index (χ0v) is 18.3. The van der Waals surface area contributed by atoms with Crippen LogP contribution in [0.2, 0.25) is 0 Å².